The van der Waals surface area contributed by atoms with Crippen molar-refractivity contribution in [3.05, 3.63) is 94.0 Å². The number of benzene rings is 2. The normalized spacial score (nSPS) is 12.5. The van der Waals surface area contributed by atoms with Gasteiger partial charge in [0.2, 0.25) is 0 Å². The number of nitrogens with zero attached hydrogens (tertiary/aromatic N) is 1. The Kier molecular flexibility index (Phi) is 6.64. The van der Waals surface area contributed by atoms with Crippen LogP contribution in [0, 0.1) is 0 Å². The van der Waals surface area contributed by atoms with E-state index in [2.05, 4.69) is 20.9 Å². The second kappa shape index (κ2) is 9.44. The van der Waals surface area contributed by atoms with Crippen LogP contribution in [0.3, 0.4) is 0 Å². The molecule has 0 saturated carbocycles. The molecular formula is C24H17BrF3NO2S. The quantitative estimate of drug-likeness (QED) is 0.288. The molecule has 2 aromatic heterocycles. The van der Waals surface area contributed by atoms with Gasteiger partial charge in [0.1, 0.15) is 12.4 Å². The van der Waals surface area contributed by atoms with Crippen LogP contribution >= 0.6 is 27.3 Å². The molecule has 1 unspecified atom stereocenters. The molecule has 4 aromatic rings. The van der Waals surface area contributed by atoms with E-state index in [1.807, 2.05) is 60.0 Å². The molecule has 0 bridgehead atoms. The van der Waals surface area contributed by atoms with E-state index in [0.29, 0.717) is 17.9 Å². The number of ether oxygens (including phenoxy) is 1. The first-order valence-electron chi connectivity index (χ1n) is 9.57. The van der Waals surface area contributed by atoms with E-state index in [-0.39, 0.29) is 5.56 Å². The molecule has 0 aliphatic carbocycles. The molecule has 0 amide bonds. The molecule has 0 saturated heterocycles. The van der Waals surface area contributed by atoms with Crippen molar-refractivity contribution < 1.29 is 23.0 Å². The maximum atomic E-state index is 13.0. The Balaban J connectivity index is 1.71. The molecule has 0 fully saturated rings. The smallest absolute Gasteiger partial charge is 0.418 e. The molecule has 2 heterocycles. The SMILES string of the molecule is OC(c1cncc(-c2sccc2-c2cc(Br)ccc2OCc2ccccc2)c1)C(F)(F)F. The summed E-state index contributed by atoms with van der Waals surface area (Å²) in [6, 6.07) is 18.6. The maximum absolute atomic E-state index is 13.0. The van der Waals surface area contributed by atoms with Crippen molar-refractivity contribution >= 4 is 27.3 Å². The molecule has 0 spiro atoms. The highest BCUT2D eigenvalue weighted by Gasteiger charge is 2.39. The first-order chi connectivity index (χ1) is 15.3. The molecule has 164 valence electrons. The Labute approximate surface area is 195 Å². The van der Waals surface area contributed by atoms with Gasteiger partial charge in [0.15, 0.2) is 6.10 Å². The molecule has 0 aliphatic rings. The molecule has 8 heteroatoms. The summed E-state index contributed by atoms with van der Waals surface area (Å²) in [5.74, 6) is 0.649. The van der Waals surface area contributed by atoms with Crippen molar-refractivity contribution in [1.82, 2.24) is 4.98 Å². The summed E-state index contributed by atoms with van der Waals surface area (Å²) in [7, 11) is 0. The van der Waals surface area contributed by atoms with Crippen LogP contribution in [0.25, 0.3) is 21.6 Å². The highest BCUT2D eigenvalue weighted by atomic mass is 79.9. The molecule has 3 nitrogen and oxygen atoms in total. The summed E-state index contributed by atoms with van der Waals surface area (Å²) in [4.78, 5) is 4.66. The zero-order valence-corrected chi connectivity index (χ0v) is 18.9. The van der Waals surface area contributed by atoms with Gasteiger partial charge in [-0.2, -0.15) is 13.2 Å². The third-order valence-electron chi connectivity index (χ3n) is 4.78. The van der Waals surface area contributed by atoms with Gasteiger partial charge < -0.3 is 9.84 Å². The van der Waals surface area contributed by atoms with E-state index < -0.39 is 12.3 Å². The monoisotopic (exact) mass is 519 g/mol. The van der Waals surface area contributed by atoms with Crippen molar-refractivity contribution in [3.63, 3.8) is 0 Å². The van der Waals surface area contributed by atoms with Gasteiger partial charge in [-0.1, -0.05) is 46.3 Å². The molecule has 0 radical (unpaired) electrons. The third-order valence-corrected chi connectivity index (χ3v) is 6.24. The fraction of sp³-hybridized carbons (Fsp3) is 0.125. The van der Waals surface area contributed by atoms with Crippen molar-refractivity contribution in [2.24, 2.45) is 0 Å². The number of rotatable bonds is 6. The number of hydrogen-bond donors (Lipinski definition) is 1. The van der Waals surface area contributed by atoms with Crippen LogP contribution in [-0.2, 0) is 6.61 Å². The third kappa shape index (κ3) is 5.03. The van der Waals surface area contributed by atoms with Gasteiger partial charge in [-0.05, 0) is 41.3 Å². The Bertz CT molecular complexity index is 1210. The van der Waals surface area contributed by atoms with Crippen LogP contribution in [-0.4, -0.2) is 16.3 Å². The number of pyridine rings is 1. The average molecular weight is 520 g/mol. The Hall–Kier alpha value is -2.68. The highest BCUT2D eigenvalue weighted by Crippen LogP contribution is 2.43. The van der Waals surface area contributed by atoms with E-state index >= 15 is 0 Å². The number of alkyl halides is 3. The first-order valence-corrected chi connectivity index (χ1v) is 11.2. The Morgan fingerprint density at radius 1 is 1.00 bits per heavy atom. The largest absolute Gasteiger partial charge is 0.488 e. The van der Waals surface area contributed by atoms with Crippen LogP contribution < -0.4 is 4.74 Å². The molecule has 1 N–H and O–H groups in total. The second-order valence-corrected chi connectivity index (χ2v) is 8.86. The predicted octanol–water partition coefficient (Wildman–Crippen LogP) is 7.41. The zero-order valence-electron chi connectivity index (χ0n) is 16.5. The van der Waals surface area contributed by atoms with Crippen molar-refractivity contribution in [1.29, 1.82) is 0 Å². The molecule has 2 aromatic carbocycles. The molecule has 1 atom stereocenters. The summed E-state index contributed by atoms with van der Waals surface area (Å²) in [5, 5.41) is 11.5. The number of aromatic nitrogens is 1. The van der Waals surface area contributed by atoms with Crippen LogP contribution in [0.2, 0.25) is 0 Å². The molecule has 32 heavy (non-hydrogen) atoms. The maximum Gasteiger partial charge on any atom is 0.418 e. The Morgan fingerprint density at radius 3 is 2.53 bits per heavy atom. The fourth-order valence-corrected chi connectivity index (χ4v) is 4.49. The van der Waals surface area contributed by atoms with Gasteiger partial charge in [-0.25, -0.2) is 0 Å². The van der Waals surface area contributed by atoms with Crippen molar-refractivity contribution in [3.8, 4) is 27.3 Å². The summed E-state index contributed by atoms with van der Waals surface area (Å²) in [5.41, 5.74) is 2.81. The van der Waals surface area contributed by atoms with E-state index in [9.17, 15) is 18.3 Å². The summed E-state index contributed by atoms with van der Waals surface area (Å²) >= 11 is 4.87. The lowest BCUT2D eigenvalue weighted by Gasteiger charge is -2.16. The summed E-state index contributed by atoms with van der Waals surface area (Å²) < 4.78 is 45.9. The van der Waals surface area contributed by atoms with E-state index in [0.717, 1.165) is 32.2 Å². The average Bonchev–Trinajstić information content (AvgIpc) is 3.28. The fourth-order valence-electron chi connectivity index (χ4n) is 3.24. The standard InChI is InChI=1S/C24H17BrF3NO2S/c25-18-6-7-21(31-14-15-4-2-1-3-5-15)20(11-18)19-8-9-32-22(19)16-10-17(13-29-12-16)23(30)24(26,27)28/h1-13,23,30H,14H2. The lowest BCUT2D eigenvalue weighted by molar-refractivity contribution is -0.206. The van der Waals surface area contributed by atoms with Gasteiger partial charge in [0.25, 0.3) is 0 Å². The van der Waals surface area contributed by atoms with Gasteiger partial charge >= 0.3 is 6.18 Å². The molecule has 0 aliphatic heterocycles. The van der Waals surface area contributed by atoms with E-state index in [4.69, 9.17) is 4.74 Å². The number of aliphatic hydroxyl groups is 1. The van der Waals surface area contributed by atoms with E-state index in [1.165, 1.54) is 23.6 Å². The number of halogens is 4. The highest BCUT2D eigenvalue weighted by molar-refractivity contribution is 9.10. The number of hydrogen-bond acceptors (Lipinski definition) is 4. The number of aliphatic hydroxyl groups excluding tert-OH is 1. The van der Waals surface area contributed by atoms with Crippen molar-refractivity contribution in [2.45, 2.75) is 18.9 Å². The minimum absolute atomic E-state index is 0.302. The Morgan fingerprint density at radius 2 is 1.78 bits per heavy atom. The molecular weight excluding hydrogens is 503 g/mol. The minimum Gasteiger partial charge on any atom is -0.488 e. The summed E-state index contributed by atoms with van der Waals surface area (Å²) in [6.45, 7) is 0.379. The van der Waals surface area contributed by atoms with Crippen LogP contribution in [0.1, 0.15) is 17.2 Å². The van der Waals surface area contributed by atoms with Crippen LogP contribution in [0.5, 0.6) is 5.75 Å². The zero-order chi connectivity index (χ0) is 22.7. The van der Waals surface area contributed by atoms with Gasteiger partial charge in [0.05, 0.1) is 0 Å². The first kappa shape index (κ1) is 22.5. The van der Waals surface area contributed by atoms with Gasteiger partial charge in [-0.15, -0.1) is 11.3 Å². The van der Waals surface area contributed by atoms with Gasteiger partial charge in [0, 0.05) is 44.0 Å². The number of thiophene rings is 1. The van der Waals surface area contributed by atoms with E-state index in [1.54, 1.807) is 0 Å². The van der Waals surface area contributed by atoms with Gasteiger partial charge in [-0.3, -0.25) is 4.98 Å². The lowest BCUT2D eigenvalue weighted by atomic mass is 10.0. The second-order valence-electron chi connectivity index (χ2n) is 7.03. The van der Waals surface area contributed by atoms with Crippen LogP contribution in [0.15, 0.2) is 82.9 Å². The van der Waals surface area contributed by atoms with Crippen molar-refractivity contribution in [2.75, 3.05) is 0 Å². The summed E-state index contributed by atoms with van der Waals surface area (Å²) in [6.07, 6.45) is -4.83. The topological polar surface area (TPSA) is 42.4 Å². The minimum atomic E-state index is -4.76. The lowest BCUT2D eigenvalue weighted by Crippen LogP contribution is -2.20. The predicted molar refractivity (Wildman–Crippen MR) is 122 cm³/mol. The molecule has 4 rings (SSSR count). The van der Waals surface area contributed by atoms with Crippen LogP contribution in [0.4, 0.5) is 13.2 Å².